The molecule has 0 spiro atoms. The number of hydrogen-bond acceptors (Lipinski definition) is 3. The predicted octanol–water partition coefficient (Wildman–Crippen LogP) is 1.94. The maximum absolute atomic E-state index is 11.5. The predicted molar refractivity (Wildman–Crippen MR) is 65.4 cm³/mol. The first-order chi connectivity index (χ1) is 8.16. The molecule has 1 aliphatic heterocycles. The van der Waals surface area contributed by atoms with Crippen LogP contribution in [0.3, 0.4) is 0 Å². The van der Waals surface area contributed by atoms with Crippen LogP contribution in [0.1, 0.15) is 43.9 Å². The van der Waals surface area contributed by atoms with E-state index in [4.69, 9.17) is 0 Å². The minimum absolute atomic E-state index is 0.184. The summed E-state index contributed by atoms with van der Waals surface area (Å²) in [7, 11) is 0. The summed E-state index contributed by atoms with van der Waals surface area (Å²) in [5.41, 5.74) is 1.80. The molecule has 1 fully saturated rings. The summed E-state index contributed by atoms with van der Waals surface area (Å²) in [6.45, 7) is 5.90. The Morgan fingerprint density at radius 3 is 2.53 bits per heavy atom. The van der Waals surface area contributed by atoms with E-state index in [1.54, 1.807) is 6.20 Å². The van der Waals surface area contributed by atoms with Gasteiger partial charge < -0.3 is 0 Å². The molecular weight excluding hydrogens is 216 g/mol. The fourth-order valence-corrected chi connectivity index (χ4v) is 1.70. The van der Waals surface area contributed by atoms with Crippen LogP contribution in [0.25, 0.3) is 0 Å². The number of piperidine rings is 1. The van der Waals surface area contributed by atoms with Gasteiger partial charge in [0.1, 0.15) is 0 Å². The van der Waals surface area contributed by atoms with Crippen LogP contribution in [0.15, 0.2) is 18.3 Å². The molecule has 1 saturated heterocycles. The van der Waals surface area contributed by atoms with Crippen molar-refractivity contribution in [3.63, 3.8) is 0 Å². The van der Waals surface area contributed by atoms with Gasteiger partial charge >= 0.3 is 0 Å². The van der Waals surface area contributed by atoms with Crippen molar-refractivity contribution in [2.75, 3.05) is 0 Å². The number of amides is 2. The van der Waals surface area contributed by atoms with E-state index >= 15 is 0 Å². The molecule has 92 valence electrons. The van der Waals surface area contributed by atoms with Crippen LogP contribution in [-0.4, -0.2) is 16.8 Å². The van der Waals surface area contributed by atoms with E-state index in [-0.39, 0.29) is 17.7 Å². The van der Waals surface area contributed by atoms with E-state index in [2.05, 4.69) is 10.3 Å². The minimum atomic E-state index is -0.226. The second kappa shape index (κ2) is 6.13. The van der Waals surface area contributed by atoms with E-state index in [0.29, 0.717) is 12.8 Å². The topological polar surface area (TPSA) is 59.1 Å². The fourth-order valence-electron chi connectivity index (χ4n) is 1.70. The molecule has 0 radical (unpaired) electrons. The summed E-state index contributed by atoms with van der Waals surface area (Å²) in [6.07, 6.45) is 2.69. The van der Waals surface area contributed by atoms with Gasteiger partial charge in [0.2, 0.25) is 11.8 Å². The Morgan fingerprint density at radius 2 is 2.00 bits per heavy atom. The molecule has 0 saturated carbocycles. The van der Waals surface area contributed by atoms with Crippen LogP contribution in [0, 0.1) is 6.92 Å². The first-order valence-corrected chi connectivity index (χ1v) is 5.93. The maximum Gasteiger partial charge on any atom is 0.234 e. The van der Waals surface area contributed by atoms with Gasteiger partial charge in [-0.05, 0) is 25.0 Å². The third-order valence-electron chi connectivity index (χ3n) is 2.58. The highest BCUT2D eigenvalue weighted by Crippen LogP contribution is 2.23. The third-order valence-corrected chi connectivity index (χ3v) is 2.58. The van der Waals surface area contributed by atoms with Crippen molar-refractivity contribution in [1.82, 2.24) is 10.3 Å². The first-order valence-electron chi connectivity index (χ1n) is 5.93. The second-order valence-electron chi connectivity index (χ2n) is 3.74. The van der Waals surface area contributed by atoms with Gasteiger partial charge in [0.05, 0.1) is 5.92 Å². The number of nitrogens with zero attached hydrogens (tertiary/aromatic N) is 1. The lowest BCUT2D eigenvalue weighted by Gasteiger charge is -2.20. The zero-order valence-corrected chi connectivity index (χ0v) is 10.5. The molecule has 4 nitrogen and oxygen atoms in total. The summed E-state index contributed by atoms with van der Waals surface area (Å²) in [5, 5.41) is 2.34. The van der Waals surface area contributed by atoms with Crippen molar-refractivity contribution >= 4 is 11.8 Å². The largest absolute Gasteiger partial charge is 0.296 e. The highest BCUT2D eigenvalue weighted by atomic mass is 16.2. The molecule has 1 aromatic rings. The zero-order valence-electron chi connectivity index (χ0n) is 10.5. The van der Waals surface area contributed by atoms with E-state index in [0.717, 1.165) is 11.3 Å². The molecule has 0 bridgehead atoms. The molecule has 4 heteroatoms. The van der Waals surface area contributed by atoms with E-state index in [1.807, 2.05) is 32.9 Å². The van der Waals surface area contributed by atoms with Crippen molar-refractivity contribution < 1.29 is 9.59 Å². The third kappa shape index (κ3) is 3.37. The standard InChI is InChI=1S/C11H12N2O2.C2H6/c1-7-2-3-8(6-12-7)9-4-5-10(14)13-11(9)15;1-2/h2-3,6,9H,4-5H2,1H3,(H,13,14,15);1-2H3. The normalized spacial score (nSPS) is 19.1. The highest BCUT2D eigenvalue weighted by Gasteiger charge is 2.27. The number of hydrogen-bond donors (Lipinski definition) is 1. The van der Waals surface area contributed by atoms with Gasteiger partial charge in [0, 0.05) is 18.3 Å². The van der Waals surface area contributed by atoms with Crippen LogP contribution in [-0.2, 0) is 9.59 Å². The van der Waals surface area contributed by atoms with Crippen molar-refractivity contribution in [1.29, 1.82) is 0 Å². The summed E-state index contributed by atoms with van der Waals surface area (Å²) >= 11 is 0. The fraction of sp³-hybridized carbons (Fsp3) is 0.462. The van der Waals surface area contributed by atoms with Gasteiger partial charge in [0.25, 0.3) is 0 Å². The summed E-state index contributed by atoms with van der Waals surface area (Å²) in [6, 6.07) is 3.77. The Bertz CT molecular complexity index is 398. The Morgan fingerprint density at radius 1 is 1.29 bits per heavy atom. The number of aryl methyl sites for hydroxylation is 1. The van der Waals surface area contributed by atoms with E-state index < -0.39 is 0 Å². The molecule has 1 atom stereocenters. The molecule has 0 aliphatic carbocycles. The number of pyridine rings is 1. The molecule has 2 amide bonds. The van der Waals surface area contributed by atoms with Crippen molar-refractivity contribution in [3.8, 4) is 0 Å². The number of carbonyl (C=O) groups is 2. The Balaban J connectivity index is 0.000000686. The monoisotopic (exact) mass is 234 g/mol. The Labute approximate surface area is 101 Å². The summed E-state index contributed by atoms with van der Waals surface area (Å²) in [5.74, 6) is -0.621. The Kier molecular flexibility index (Phi) is 4.82. The molecular formula is C13H18N2O2. The van der Waals surface area contributed by atoms with Gasteiger partial charge in [-0.2, -0.15) is 0 Å². The lowest BCUT2D eigenvalue weighted by atomic mass is 9.91. The van der Waals surface area contributed by atoms with Gasteiger partial charge in [-0.1, -0.05) is 19.9 Å². The van der Waals surface area contributed by atoms with Crippen molar-refractivity contribution in [2.45, 2.75) is 39.5 Å². The first kappa shape index (κ1) is 13.4. The second-order valence-corrected chi connectivity index (χ2v) is 3.74. The van der Waals surface area contributed by atoms with Crippen LogP contribution in [0.4, 0.5) is 0 Å². The smallest absolute Gasteiger partial charge is 0.234 e. The van der Waals surface area contributed by atoms with Gasteiger partial charge in [0.15, 0.2) is 0 Å². The van der Waals surface area contributed by atoms with Crippen LogP contribution in [0.2, 0.25) is 0 Å². The molecule has 0 aromatic carbocycles. The van der Waals surface area contributed by atoms with E-state index in [9.17, 15) is 9.59 Å². The average Bonchev–Trinajstić information content (AvgIpc) is 2.33. The summed E-state index contributed by atoms with van der Waals surface area (Å²) < 4.78 is 0. The van der Waals surface area contributed by atoms with Gasteiger partial charge in [-0.3, -0.25) is 19.9 Å². The molecule has 1 aliphatic rings. The van der Waals surface area contributed by atoms with Crippen molar-refractivity contribution in [2.24, 2.45) is 0 Å². The van der Waals surface area contributed by atoms with Crippen molar-refractivity contribution in [3.05, 3.63) is 29.6 Å². The highest BCUT2D eigenvalue weighted by molar-refractivity contribution is 6.00. The Hall–Kier alpha value is -1.71. The quantitative estimate of drug-likeness (QED) is 0.755. The number of rotatable bonds is 1. The van der Waals surface area contributed by atoms with E-state index in [1.165, 1.54) is 0 Å². The van der Waals surface area contributed by atoms with Crippen LogP contribution >= 0.6 is 0 Å². The van der Waals surface area contributed by atoms with Gasteiger partial charge in [-0.25, -0.2) is 0 Å². The average molecular weight is 234 g/mol. The zero-order chi connectivity index (χ0) is 12.8. The number of carbonyl (C=O) groups excluding carboxylic acids is 2. The lowest BCUT2D eigenvalue weighted by molar-refractivity contribution is -0.134. The molecule has 1 aromatic heterocycles. The molecule has 1 N–H and O–H groups in total. The lowest BCUT2D eigenvalue weighted by Crippen LogP contribution is -2.39. The van der Waals surface area contributed by atoms with Gasteiger partial charge in [-0.15, -0.1) is 0 Å². The molecule has 2 heterocycles. The molecule has 17 heavy (non-hydrogen) atoms. The minimum Gasteiger partial charge on any atom is -0.296 e. The van der Waals surface area contributed by atoms with Crippen LogP contribution < -0.4 is 5.32 Å². The maximum atomic E-state index is 11.5. The number of nitrogens with one attached hydrogen (secondary N) is 1. The number of imide groups is 1. The summed E-state index contributed by atoms with van der Waals surface area (Å²) in [4.78, 5) is 26.6. The van der Waals surface area contributed by atoms with Crippen LogP contribution in [0.5, 0.6) is 0 Å². The SMILES string of the molecule is CC.Cc1ccc(C2CCC(=O)NC2=O)cn1. The number of aromatic nitrogens is 1. The molecule has 2 rings (SSSR count). The molecule has 1 unspecified atom stereocenters.